The average Bonchev–Trinajstić information content (AvgIpc) is 2.71. The number of anilines is 1. The predicted molar refractivity (Wildman–Crippen MR) is 129 cm³/mol. The Kier molecular flexibility index (Phi) is 9.99. The van der Waals surface area contributed by atoms with Crippen LogP contribution >= 0.6 is 0 Å². The van der Waals surface area contributed by atoms with Gasteiger partial charge in [-0.05, 0) is 48.6 Å². The van der Waals surface area contributed by atoms with Crippen LogP contribution in [0.1, 0.15) is 46.5 Å². The van der Waals surface area contributed by atoms with E-state index in [-0.39, 0.29) is 36.5 Å². The minimum absolute atomic E-state index is 0.0194. The second-order valence-corrected chi connectivity index (χ2v) is 11.5. The van der Waals surface area contributed by atoms with Crippen molar-refractivity contribution in [2.75, 3.05) is 37.4 Å². The molecule has 0 bridgehead atoms. The maximum Gasteiger partial charge on any atom is 0.407 e. The molecule has 1 saturated carbocycles. The number of amides is 2. The van der Waals surface area contributed by atoms with Crippen molar-refractivity contribution in [3.05, 3.63) is 30.3 Å². The Balaban J connectivity index is 1.75. The Bertz CT molecular complexity index is 908. The van der Waals surface area contributed by atoms with Crippen LogP contribution in [-0.2, 0) is 19.6 Å². The number of carbonyl (C=O) groups is 2. The molecule has 1 aliphatic rings. The molecule has 2 unspecified atom stereocenters. The summed E-state index contributed by atoms with van der Waals surface area (Å²) in [6, 6.07) is 9.56. The molecule has 192 valence electrons. The molecular weight excluding hydrogens is 462 g/mol. The molecule has 0 radical (unpaired) electrons. The van der Waals surface area contributed by atoms with Crippen LogP contribution in [0.3, 0.4) is 0 Å². The van der Waals surface area contributed by atoms with E-state index in [0.29, 0.717) is 19.5 Å². The van der Waals surface area contributed by atoms with E-state index in [2.05, 4.69) is 36.7 Å². The largest absolute Gasteiger partial charge is 0.450 e. The number of rotatable bonds is 11. The molecule has 2 atom stereocenters. The van der Waals surface area contributed by atoms with Gasteiger partial charge in [0.1, 0.15) is 6.61 Å². The molecule has 2 amide bonds. The number of ether oxygens (including phenoxy) is 2. The first-order valence-corrected chi connectivity index (χ1v) is 13.0. The van der Waals surface area contributed by atoms with Gasteiger partial charge in [0.25, 0.3) is 10.1 Å². The number of alkyl carbamates (subject to hydrolysis) is 2. The van der Waals surface area contributed by atoms with Gasteiger partial charge in [-0.1, -0.05) is 39.0 Å². The molecule has 4 N–H and O–H groups in total. The number of hydrogen-bond acceptors (Lipinski definition) is 7. The molecule has 10 nitrogen and oxygen atoms in total. The third-order valence-corrected chi connectivity index (χ3v) is 6.45. The molecule has 0 aliphatic heterocycles. The number of para-hydroxylation sites is 1. The third-order valence-electron chi connectivity index (χ3n) is 5.64. The highest BCUT2D eigenvalue weighted by Gasteiger charge is 2.42. The Morgan fingerprint density at radius 3 is 2.41 bits per heavy atom. The first-order valence-electron chi connectivity index (χ1n) is 11.4. The Morgan fingerprint density at radius 1 is 1.06 bits per heavy atom. The minimum Gasteiger partial charge on any atom is -0.450 e. The molecule has 34 heavy (non-hydrogen) atoms. The first-order chi connectivity index (χ1) is 15.9. The molecule has 0 spiro atoms. The van der Waals surface area contributed by atoms with Crippen molar-refractivity contribution in [3.8, 4) is 0 Å². The van der Waals surface area contributed by atoms with Crippen LogP contribution in [0.5, 0.6) is 0 Å². The van der Waals surface area contributed by atoms with Gasteiger partial charge in [-0.3, -0.25) is 4.55 Å². The van der Waals surface area contributed by atoms with Crippen LogP contribution in [0.4, 0.5) is 15.3 Å². The van der Waals surface area contributed by atoms with Gasteiger partial charge in [-0.2, -0.15) is 8.42 Å². The van der Waals surface area contributed by atoms with Crippen molar-refractivity contribution in [1.29, 1.82) is 0 Å². The van der Waals surface area contributed by atoms with Gasteiger partial charge in [0.2, 0.25) is 0 Å². The second-order valence-electron chi connectivity index (χ2n) is 9.96. The van der Waals surface area contributed by atoms with Crippen molar-refractivity contribution in [3.63, 3.8) is 0 Å². The van der Waals surface area contributed by atoms with Gasteiger partial charge >= 0.3 is 12.2 Å². The summed E-state index contributed by atoms with van der Waals surface area (Å²) in [6.45, 7) is 7.28. The van der Waals surface area contributed by atoms with E-state index in [1.807, 2.05) is 30.3 Å². The summed E-state index contributed by atoms with van der Waals surface area (Å²) < 4.78 is 40.4. The summed E-state index contributed by atoms with van der Waals surface area (Å²) in [7, 11) is -4.07. The van der Waals surface area contributed by atoms with Gasteiger partial charge in [0, 0.05) is 24.8 Å². The standard InChI is InChI=1S/C23H37N3O7S/c1-22(2)14-19(26-21(28)33-12-10-24-18-8-5-4-6-9-18)15-23(3,16-22)17-25-20(27)32-11-7-13-34(29,30)31/h4-6,8-9,19,24H,7,10-17H2,1-3H3,(H,25,27)(H,26,28)(H,29,30,31). The van der Waals surface area contributed by atoms with Crippen LogP contribution in [0.15, 0.2) is 30.3 Å². The summed E-state index contributed by atoms with van der Waals surface area (Å²) in [5.74, 6) is -0.460. The third kappa shape index (κ3) is 11.1. The Morgan fingerprint density at radius 2 is 1.74 bits per heavy atom. The molecule has 1 aliphatic carbocycles. The summed E-state index contributed by atoms with van der Waals surface area (Å²) in [5, 5.41) is 8.88. The minimum atomic E-state index is -4.07. The molecule has 0 heterocycles. The van der Waals surface area contributed by atoms with Crippen molar-refractivity contribution >= 4 is 28.0 Å². The van der Waals surface area contributed by atoms with Crippen molar-refractivity contribution in [1.82, 2.24) is 10.6 Å². The lowest BCUT2D eigenvalue weighted by molar-refractivity contribution is 0.0629. The fourth-order valence-electron chi connectivity index (χ4n) is 4.72. The van der Waals surface area contributed by atoms with Crippen LogP contribution in [-0.4, -0.2) is 63.3 Å². The highest BCUT2D eigenvalue weighted by molar-refractivity contribution is 7.85. The first kappa shape index (κ1) is 27.7. The normalized spacial score (nSPS) is 21.8. The predicted octanol–water partition coefficient (Wildman–Crippen LogP) is 3.41. The number of benzene rings is 1. The lowest BCUT2D eigenvalue weighted by atomic mass is 9.62. The molecule has 2 rings (SSSR count). The Labute approximate surface area is 201 Å². The molecule has 0 aromatic heterocycles. The van der Waals surface area contributed by atoms with Gasteiger partial charge in [0.05, 0.1) is 12.4 Å². The van der Waals surface area contributed by atoms with Crippen molar-refractivity contribution < 1.29 is 32.0 Å². The zero-order valence-corrected chi connectivity index (χ0v) is 20.9. The number of hydrogen-bond donors (Lipinski definition) is 4. The molecular formula is C23H37N3O7S. The highest BCUT2D eigenvalue weighted by atomic mass is 32.2. The molecule has 11 heteroatoms. The van der Waals surface area contributed by atoms with Gasteiger partial charge in [-0.15, -0.1) is 0 Å². The quantitative estimate of drug-likeness (QED) is 0.268. The number of nitrogens with one attached hydrogen (secondary N) is 3. The van der Waals surface area contributed by atoms with Crippen LogP contribution in [0, 0.1) is 10.8 Å². The lowest BCUT2D eigenvalue weighted by Gasteiger charge is -2.46. The topological polar surface area (TPSA) is 143 Å². The van der Waals surface area contributed by atoms with Crippen molar-refractivity contribution in [2.45, 2.75) is 52.5 Å². The second kappa shape index (κ2) is 12.3. The average molecular weight is 500 g/mol. The SMILES string of the molecule is CC1(C)CC(NC(=O)OCCNc2ccccc2)CC(C)(CNC(=O)OCCCS(=O)(=O)O)C1. The van der Waals surface area contributed by atoms with Crippen LogP contribution < -0.4 is 16.0 Å². The zero-order chi connectivity index (χ0) is 25.2. The smallest absolute Gasteiger partial charge is 0.407 e. The molecule has 1 fully saturated rings. The van der Waals surface area contributed by atoms with E-state index in [4.69, 9.17) is 14.0 Å². The van der Waals surface area contributed by atoms with E-state index in [9.17, 15) is 18.0 Å². The fourth-order valence-corrected chi connectivity index (χ4v) is 5.20. The maximum absolute atomic E-state index is 12.3. The maximum atomic E-state index is 12.3. The zero-order valence-electron chi connectivity index (χ0n) is 20.1. The summed E-state index contributed by atoms with van der Waals surface area (Å²) in [6.07, 6.45) is 1.21. The van der Waals surface area contributed by atoms with Crippen LogP contribution in [0.25, 0.3) is 0 Å². The summed E-state index contributed by atoms with van der Waals surface area (Å²) >= 11 is 0. The molecule has 1 aromatic carbocycles. The van der Waals surface area contributed by atoms with Crippen LogP contribution in [0.2, 0.25) is 0 Å². The van der Waals surface area contributed by atoms with Gasteiger partial charge in [0.15, 0.2) is 0 Å². The highest BCUT2D eigenvalue weighted by Crippen LogP contribution is 2.45. The summed E-state index contributed by atoms with van der Waals surface area (Å²) in [4.78, 5) is 24.3. The van der Waals surface area contributed by atoms with E-state index < -0.39 is 28.1 Å². The number of carbonyl (C=O) groups excluding carboxylic acids is 2. The summed E-state index contributed by atoms with van der Waals surface area (Å²) in [5.41, 5.74) is 0.629. The van der Waals surface area contributed by atoms with Gasteiger partial charge < -0.3 is 25.4 Å². The van der Waals surface area contributed by atoms with E-state index in [1.165, 1.54) is 0 Å². The molecule has 0 saturated heterocycles. The monoisotopic (exact) mass is 499 g/mol. The van der Waals surface area contributed by atoms with E-state index in [1.54, 1.807) is 0 Å². The van der Waals surface area contributed by atoms with E-state index >= 15 is 0 Å². The Hall–Kier alpha value is -2.53. The van der Waals surface area contributed by atoms with E-state index in [0.717, 1.165) is 18.5 Å². The van der Waals surface area contributed by atoms with Crippen molar-refractivity contribution in [2.24, 2.45) is 10.8 Å². The lowest BCUT2D eigenvalue weighted by Crippen LogP contribution is -2.50. The fraction of sp³-hybridized carbons (Fsp3) is 0.652. The van der Waals surface area contributed by atoms with Gasteiger partial charge in [-0.25, -0.2) is 9.59 Å². The molecule has 1 aromatic rings.